The van der Waals surface area contributed by atoms with E-state index in [0.29, 0.717) is 0 Å². The molecule has 1 aliphatic rings. The van der Waals surface area contributed by atoms with Crippen LogP contribution in [0.25, 0.3) is 0 Å². The van der Waals surface area contributed by atoms with E-state index >= 15 is 0 Å². The van der Waals surface area contributed by atoms with Gasteiger partial charge in [-0.2, -0.15) is 0 Å². The molecule has 2 unspecified atom stereocenters. The third-order valence-electron chi connectivity index (χ3n) is 4.39. The van der Waals surface area contributed by atoms with Gasteiger partial charge in [0.05, 0.1) is 0 Å². The SMILES string of the molecule is CCCn1cccc1CNCC1CCCCC1C. The van der Waals surface area contributed by atoms with Gasteiger partial charge in [-0.25, -0.2) is 0 Å². The topological polar surface area (TPSA) is 17.0 Å². The number of rotatable bonds is 6. The van der Waals surface area contributed by atoms with E-state index in [1.54, 1.807) is 0 Å². The number of aromatic nitrogens is 1. The lowest BCUT2D eigenvalue weighted by atomic mass is 9.80. The fraction of sp³-hybridized carbons (Fsp3) is 0.750. The van der Waals surface area contributed by atoms with Gasteiger partial charge in [-0.05, 0) is 43.4 Å². The maximum atomic E-state index is 3.67. The van der Waals surface area contributed by atoms with Crippen LogP contribution in [0.1, 0.15) is 51.6 Å². The van der Waals surface area contributed by atoms with Crippen molar-refractivity contribution in [2.24, 2.45) is 11.8 Å². The lowest BCUT2D eigenvalue weighted by molar-refractivity contribution is 0.247. The third kappa shape index (κ3) is 3.61. The predicted octanol–water partition coefficient (Wildman–Crippen LogP) is 3.81. The van der Waals surface area contributed by atoms with Gasteiger partial charge in [0.25, 0.3) is 0 Å². The van der Waals surface area contributed by atoms with Gasteiger partial charge in [0.1, 0.15) is 0 Å². The Hall–Kier alpha value is -0.760. The number of aryl methyl sites for hydroxylation is 1. The Morgan fingerprint density at radius 3 is 2.94 bits per heavy atom. The lowest BCUT2D eigenvalue weighted by Gasteiger charge is -2.29. The molecule has 18 heavy (non-hydrogen) atoms. The van der Waals surface area contributed by atoms with Crippen LogP contribution in [0.2, 0.25) is 0 Å². The Morgan fingerprint density at radius 2 is 2.17 bits per heavy atom. The summed E-state index contributed by atoms with van der Waals surface area (Å²) in [6.45, 7) is 8.02. The maximum Gasteiger partial charge on any atom is 0.0359 e. The molecule has 2 nitrogen and oxygen atoms in total. The minimum Gasteiger partial charge on any atom is -0.350 e. The van der Waals surface area contributed by atoms with Gasteiger partial charge in [-0.15, -0.1) is 0 Å². The van der Waals surface area contributed by atoms with Crippen molar-refractivity contribution in [3.63, 3.8) is 0 Å². The van der Waals surface area contributed by atoms with E-state index in [-0.39, 0.29) is 0 Å². The van der Waals surface area contributed by atoms with Crippen LogP contribution in [0.4, 0.5) is 0 Å². The monoisotopic (exact) mass is 248 g/mol. The molecule has 2 heteroatoms. The largest absolute Gasteiger partial charge is 0.350 e. The van der Waals surface area contributed by atoms with Gasteiger partial charge in [0.2, 0.25) is 0 Å². The summed E-state index contributed by atoms with van der Waals surface area (Å²) < 4.78 is 2.37. The molecule has 1 aromatic rings. The molecule has 0 bridgehead atoms. The van der Waals surface area contributed by atoms with E-state index in [2.05, 4.69) is 42.1 Å². The quantitative estimate of drug-likeness (QED) is 0.810. The fourth-order valence-electron chi connectivity index (χ4n) is 3.15. The van der Waals surface area contributed by atoms with Crippen molar-refractivity contribution in [3.8, 4) is 0 Å². The van der Waals surface area contributed by atoms with E-state index < -0.39 is 0 Å². The van der Waals surface area contributed by atoms with Crippen LogP contribution in [0, 0.1) is 11.8 Å². The molecule has 1 N–H and O–H groups in total. The Bertz CT molecular complexity index is 343. The first-order chi connectivity index (χ1) is 8.81. The molecule has 2 atom stereocenters. The van der Waals surface area contributed by atoms with Crippen molar-refractivity contribution in [3.05, 3.63) is 24.0 Å². The van der Waals surface area contributed by atoms with Crippen molar-refractivity contribution in [2.75, 3.05) is 6.54 Å². The molecule has 102 valence electrons. The molecule has 0 spiro atoms. The fourth-order valence-corrected chi connectivity index (χ4v) is 3.15. The average molecular weight is 248 g/mol. The zero-order valence-corrected chi connectivity index (χ0v) is 12.0. The molecule has 0 amide bonds. The third-order valence-corrected chi connectivity index (χ3v) is 4.39. The summed E-state index contributed by atoms with van der Waals surface area (Å²) in [5.74, 6) is 1.81. The Labute approximate surface area is 112 Å². The molecule has 0 saturated heterocycles. The van der Waals surface area contributed by atoms with Crippen molar-refractivity contribution in [1.82, 2.24) is 9.88 Å². The van der Waals surface area contributed by atoms with Gasteiger partial charge < -0.3 is 9.88 Å². The summed E-state index contributed by atoms with van der Waals surface area (Å²) in [5.41, 5.74) is 1.43. The van der Waals surface area contributed by atoms with Gasteiger partial charge in [-0.1, -0.05) is 33.1 Å². The summed E-state index contributed by atoms with van der Waals surface area (Å²) in [4.78, 5) is 0. The molecule has 1 aromatic heterocycles. The smallest absolute Gasteiger partial charge is 0.0359 e. The molecule has 0 radical (unpaired) electrons. The second-order valence-corrected chi connectivity index (χ2v) is 5.85. The molecular formula is C16H28N2. The minimum absolute atomic E-state index is 0.897. The zero-order chi connectivity index (χ0) is 12.8. The molecule has 1 heterocycles. The number of hydrogen-bond donors (Lipinski definition) is 1. The van der Waals surface area contributed by atoms with Crippen LogP contribution in [0.3, 0.4) is 0 Å². The minimum atomic E-state index is 0.897. The zero-order valence-electron chi connectivity index (χ0n) is 12.0. The van der Waals surface area contributed by atoms with Crippen molar-refractivity contribution >= 4 is 0 Å². The van der Waals surface area contributed by atoms with Crippen LogP contribution < -0.4 is 5.32 Å². The highest BCUT2D eigenvalue weighted by Gasteiger charge is 2.20. The van der Waals surface area contributed by atoms with Gasteiger partial charge in [-0.3, -0.25) is 0 Å². The average Bonchev–Trinajstić information content (AvgIpc) is 2.80. The van der Waals surface area contributed by atoms with E-state index in [0.717, 1.165) is 24.9 Å². The summed E-state index contributed by atoms with van der Waals surface area (Å²) >= 11 is 0. The van der Waals surface area contributed by atoms with Gasteiger partial charge in [0.15, 0.2) is 0 Å². The summed E-state index contributed by atoms with van der Waals surface area (Å²) in [6.07, 6.45) is 9.13. The first-order valence-corrected chi connectivity index (χ1v) is 7.66. The second kappa shape index (κ2) is 6.98. The van der Waals surface area contributed by atoms with E-state index in [9.17, 15) is 0 Å². The normalized spacial score (nSPS) is 24.3. The van der Waals surface area contributed by atoms with E-state index in [1.807, 2.05) is 0 Å². The van der Waals surface area contributed by atoms with E-state index in [1.165, 1.54) is 44.3 Å². The van der Waals surface area contributed by atoms with Crippen LogP contribution in [0.5, 0.6) is 0 Å². The molecule has 0 aliphatic heterocycles. The van der Waals surface area contributed by atoms with Crippen LogP contribution in [0.15, 0.2) is 18.3 Å². The molecule has 1 fully saturated rings. The van der Waals surface area contributed by atoms with Crippen molar-refractivity contribution in [1.29, 1.82) is 0 Å². The first kappa shape index (κ1) is 13.7. The van der Waals surface area contributed by atoms with E-state index in [4.69, 9.17) is 0 Å². The van der Waals surface area contributed by atoms with Gasteiger partial charge >= 0.3 is 0 Å². The number of nitrogens with one attached hydrogen (secondary N) is 1. The van der Waals surface area contributed by atoms with Crippen LogP contribution >= 0.6 is 0 Å². The van der Waals surface area contributed by atoms with Gasteiger partial charge in [0, 0.05) is 25.0 Å². The number of hydrogen-bond acceptors (Lipinski definition) is 1. The standard InChI is InChI=1S/C16H28N2/c1-3-10-18-11-6-9-16(18)13-17-12-15-8-5-4-7-14(15)2/h6,9,11,14-15,17H,3-5,7-8,10,12-13H2,1-2H3. The van der Waals surface area contributed by atoms with Crippen LogP contribution in [-0.4, -0.2) is 11.1 Å². The predicted molar refractivity (Wildman–Crippen MR) is 77.6 cm³/mol. The van der Waals surface area contributed by atoms with Crippen molar-refractivity contribution < 1.29 is 0 Å². The highest BCUT2D eigenvalue weighted by atomic mass is 15.0. The lowest BCUT2D eigenvalue weighted by Crippen LogP contribution is -2.29. The summed E-state index contributed by atoms with van der Waals surface area (Å²) in [5, 5.41) is 3.67. The molecule has 2 rings (SSSR count). The Morgan fingerprint density at radius 1 is 1.33 bits per heavy atom. The van der Waals surface area contributed by atoms with Crippen molar-refractivity contribution in [2.45, 2.75) is 59.0 Å². The summed E-state index contributed by atoms with van der Waals surface area (Å²) in [7, 11) is 0. The maximum absolute atomic E-state index is 3.67. The summed E-state index contributed by atoms with van der Waals surface area (Å²) in [6, 6.07) is 4.41. The highest BCUT2D eigenvalue weighted by Crippen LogP contribution is 2.28. The molecule has 0 aromatic carbocycles. The highest BCUT2D eigenvalue weighted by molar-refractivity contribution is 5.06. The second-order valence-electron chi connectivity index (χ2n) is 5.85. The number of nitrogens with zero attached hydrogens (tertiary/aromatic N) is 1. The molecule has 1 saturated carbocycles. The molecular weight excluding hydrogens is 220 g/mol. The van der Waals surface area contributed by atoms with Crippen LogP contribution in [-0.2, 0) is 13.1 Å². The Kier molecular flexibility index (Phi) is 5.30. The molecule has 1 aliphatic carbocycles. The first-order valence-electron chi connectivity index (χ1n) is 7.66. The Balaban J connectivity index is 1.75.